The molecule has 2 aromatic carbocycles. The van der Waals surface area contributed by atoms with E-state index >= 15 is 0 Å². The lowest BCUT2D eigenvalue weighted by Gasteiger charge is -2.14. The summed E-state index contributed by atoms with van der Waals surface area (Å²) in [5.74, 6) is 1.28. The van der Waals surface area contributed by atoms with Gasteiger partial charge in [0.05, 0.1) is 27.0 Å². The van der Waals surface area contributed by atoms with E-state index in [-0.39, 0.29) is 5.91 Å². The highest BCUT2D eigenvalue weighted by molar-refractivity contribution is 7.80. The van der Waals surface area contributed by atoms with Gasteiger partial charge in [0.1, 0.15) is 5.70 Å². The maximum atomic E-state index is 12.9. The largest absolute Gasteiger partial charge is 0.493 e. The van der Waals surface area contributed by atoms with E-state index < -0.39 is 0 Å². The number of aryl methyl sites for hydroxylation is 1. The van der Waals surface area contributed by atoms with Crippen molar-refractivity contribution in [1.29, 1.82) is 0 Å². The Kier molecular flexibility index (Phi) is 5.32. The van der Waals surface area contributed by atoms with E-state index in [1.165, 1.54) is 4.90 Å². The number of anilines is 1. The molecular weight excluding hydrogens is 364 g/mol. The zero-order valence-electron chi connectivity index (χ0n) is 15.5. The number of ether oxygens (including phenoxy) is 3. The molecule has 1 heterocycles. The van der Waals surface area contributed by atoms with Gasteiger partial charge < -0.3 is 19.5 Å². The minimum Gasteiger partial charge on any atom is -0.493 e. The number of nitrogens with one attached hydrogen (secondary N) is 1. The van der Waals surface area contributed by atoms with Crippen LogP contribution in [-0.4, -0.2) is 32.3 Å². The van der Waals surface area contributed by atoms with E-state index in [0.29, 0.717) is 33.6 Å². The van der Waals surface area contributed by atoms with E-state index in [9.17, 15) is 4.79 Å². The number of carbonyl (C=O) groups is 1. The lowest BCUT2D eigenvalue weighted by Crippen LogP contribution is -2.30. The van der Waals surface area contributed by atoms with Gasteiger partial charge in [-0.3, -0.25) is 9.69 Å². The smallest absolute Gasteiger partial charge is 0.281 e. The Labute approximate surface area is 163 Å². The molecule has 2 aromatic rings. The highest BCUT2D eigenvalue weighted by Gasteiger charge is 2.32. The molecule has 0 aromatic heterocycles. The van der Waals surface area contributed by atoms with Crippen LogP contribution in [0.1, 0.15) is 11.1 Å². The number of nitrogens with zero attached hydrogens (tertiary/aromatic N) is 1. The van der Waals surface area contributed by atoms with Crippen molar-refractivity contribution < 1.29 is 19.0 Å². The van der Waals surface area contributed by atoms with Gasteiger partial charge in [-0.2, -0.15) is 0 Å². The summed E-state index contributed by atoms with van der Waals surface area (Å²) >= 11 is 5.35. The summed E-state index contributed by atoms with van der Waals surface area (Å²) in [6.07, 6.45) is 1.70. The second-order valence-electron chi connectivity index (χ2n) is 5.92. The SMILES string of the molecule is COc1cc(/C=C2\NC(=S)N(c3ccc(C)cc3)C2=O)cc(OC)c1OC. The van der Waals surface area contributed by atoms with Crippen LogP contribution in [0.3, 0.4) is 0 Å². The minimum absolute atomic E-state index is 0.224. The normalized spacial score (nSPS) is 15.1. The van der Waals surface area contributed by atoms with E-state index in [2.05, 4.69) is 5.32 Å². The summed E-state index contributed by atoms with van der Waals surface area (Å²) < 4.78 is 16.0. The van der Waals surface area contributed by atoms with Gasteiger partial charge in [0.15, 0.2) is 16.6 Å². The van der Waals surface area contributed by atoms with Crippen molar-refractivity contribution in [2.24, 2.45) is 0 Å². The fourth-order valence-electron chi connectivity index (χ4n) is 2.81. The summed E-state index contributed by atoms with van der Waals surface area (Å²) in [7, 11) is 4.63. The third-order valence-corrected chi connectivity index (χ3v) is 4.45. The van der Waals surface area contributed by atoms with E-state index in [1.54, 1.807) is 39.5 Å². The number of thiocarbonyl (C=S) groups is 1. The van der Waals surface area contributed by atoms with Crippen LogP contribution in [0.25, 0.3) is 6.08 Å². The summed E-state index contributed by atoms with van der Waals surface area (Å²) in [4.78, 5) is 14.3. The molecule has 3 rings (SSSR count). The lowest BCUT2D eigenvalue weighted by molar-refractivity contribution is -0.113. The Hall–Kier alpha value is -3.06. The molecule has 1 saturated heterocycles. The van der Waals surface area contributed by atoms with Crippen molar-refractivity contribution in [3.8, 4) is 17.2 Å². The van der Waals surface area contributed by atoms with Gasteiger partial charge >= 0.3 is 0 Å². The second-order valence-corrected chi connectivity index (χ2v) is 6.31. The van der Waals surface area contributed by atoms with Crippen LogP contribution in [0.5, 0.6) is 17.2 Å². The van der Waals surface area contributed by atoms with Gasteiger partial charge in [-0.1, -0.05) is 17.7 Å². The average Bonchev–Trinajstić information content (AvgIpc) is 2.95. The van der Waals surface area contributed by atoms with Crippen molar-refractivity contribution in [2.45, 2.75) is 6.92 Å². The number of rotatable bonds is 5. The molecule has 1 aliphatic rings. The molecule has 0 spiro atoms. The molecule has 1 amide bonds. The standard InChI is InChI=1S/C20H20N2O4S/c1-12-5-7-14(8-6-12)22-19(23)15(21-20(22)27)9-13-10-16(24-2)18(26-4)17(11-13)25-3/h5-11H,1-4H3,(H,21,27)/b15-9-. The van der Waals surface area contributed by atoms with Crippen LogP contribution in [0.4, 0.5) is 5.69 Å². The molecule has 0 saturated carbocycles. The topological polar surface area (TPSA) is 60.0 Å². The van der Waals surface area contributed by atoms with Gasteiger partial charge in [0.25, 0.3) is 5.91 Å². The van der Waals surface area contributed by atoms with Gasteiger partial charge in [-0.25, -0.2) is 0 Å². The zero-order valence-corrected chi connectivity index (χ0v) is 16.3. The van der Waals surface area contributed by atoms with Gasteiger partial charge in [0.2, 0.25) is 5.75 Å². The molecule has 0 atom stereocenters. The second kappa shape index (κ2) is 7.67. The predicted octanol–water partition coefficient (Wildman–Crippen LogP) is 3.28. The zero-order chi connectivity index (χ0) is 19.6. The molecule has 1 fully saturated rings. The molecule has 1 aliphatic heterocycles. The number of hydrogen-bond donors (Lipinski definition) is 1. The first-order valence-corrected chi connectivity index (χ1v) is 8.63. The maximum Gasteiger partial charge on any atom is 0.281 e. The van der Waals surface area contributed by atoms with Gasteiger partial charge in [0, 0.05) is 0 Å². The third kappa shape index (κ3) is 3.59. The molecule has 140 valence electrons. The minimum atomic E-state index is -0.224. The summed E-state index contributed by atoms with van der Waals surface area (Å²) in [6, 6.07) is 11.1. The molecule has 0 aliphatic carbocycles. The van der Waals surface area contributed by atoms with Gasteiger partial charge in [-0.05, 0) is 55.0 Å². The fourth-order valence-corrected chi connectivity index (χ4v) is 3.11. The molecule has 7 heteroatoms. The highest BCUT2D eigenvalue weighted by atomic mass is 32.1. The van der Waals surface area contributed by atoms with Crippen molar-refractivity contribution in [1.82, 2.24) is 5.32 Å². The quantitative estimate of drug-likeness (QED) is 0.631. The monoisotopic (exact) mass is 384 g/mol. The number of carbonyl (C=O) groups excluding carboxylic acids is 1. The first-order chi connectivity index (χ1) is 13.0. The van der Waals surface area contributed by atoms with Crippen LogP contribution in [0, 0.1) is 6.92 Å². The van der Waals surface area contributed by atoms with Gasteiger partial charge in [-0.15, -0.1) is 0 Å². The van der Waals surface area contributed by atoms with Crippen LogP contribution in [-0.2, 0) is 4.79 Å². The molecule has 27 heavy (non-hydrogen) atoms. The summed E-state index contributed by atoms with van der Waals surface area (Å²) in [5.41, 5.74) is 2.91. The molecule has 0 unspecified atom stereocenters. The fraction of sp³-hybridized carbons (Fsp3) is 0.200. The highest BCUT2D eigenvalue weighted by Crippen LogP contribution is 2.39. The molecule has 0 bridgehead atoms. The van der Waals surface area contributed by atoms with Crippen molar-refractivity contribution >= 4 is 35.0 Å². The van der Waals surface area contributed by atoms with Crippen molar-refractivity contribution in [3.63, 3.8) is 0 Å². The first-order valence-electron chi connectivity index (χ1n) is 8.22. The van der Waals surface area contributed by atoms with Crippen LogP contribution in [0.15, 0.2) is 42.1 Å². The predicted molar refractivity (Wildman–Crippen MR) is 108 cm³/mol. The first kappa shape index (κ1) is 18.7. The molecule has 6 nitrogen and oxygen atoms in total. The molecule has 0 radical (unpaired) electrons. The number of hydrogen-bond acceptors (Lipinski definition) is 5. The number of methoxy groups -OCH3 is 3. The van der Waals surface area contributed by atoms with Crippen LogP contribution in [0.2, 0.25) is 0 Å². The third-order valence-electron chi connectivity index (χ3n) is 4.17. The Morgan fingerprint density at radius 1 is 1.00 bits per heavy atom. The van der Waals surface area contributed by atoms with Crippen LogP contribution >= 0.6 is 12.2 Å². The van der Waals surface area contributed by atoms with E-state index in [4.69, 9.17) is 26.4 Å². The van der Waals surface area contributed by atoms with E-state index in [1.807, 2.05) is 31.2 Å². The number of amides is 1. The lowest BCUT2D eigenvalue weighted by atomic mass is 10.1. The molecule has 1 N–H and O–H groups in total. The Morgan fingerprint density at radius 2 is 1.59 bits per heavy atom. The summed E-state index contributed by atoms with van der Waals surface area (Å²) in [5, 5.41) is 3.31. The summed E-state index contributed by atoms with van der Waals surface area (Å²) in [6.45, 7) is 1.99. The Bertz CT molecular complexity index is 897. The number of benzene rings is 2. The van der Waals surface area contributed by atoms with E-state index in [0.717, 1.165) is 11.3 Å². The Morgan fingerprint density at radius 3 is 2.11 bits per heavy atom. The Balaban J connectivity index is 1.97. The molecular formula is C20H20N2O4S. The maximum absolute atomic E-state index is 12.9. The van der Waals surface area contributed by atoms with Crippen molar-refractivity contribution in [3.05, 3.63) is 53.2 Å². The average molecular weight is 384 g/mol. The van der Waals surface area contributed by atoms with Crippen molar-refractivity contribution in [2.75, 3.05) is 26.2 Å². The van der Waals surface area contributed by atoms with Crippen LogP contribution < -0.4 is 24.4 Å².